The summed E-state index contributed by atoms with van der Waals surface area (Å²) >= 11 is 0. The number of fused-ring (bicyclic) bond motifs is 20. The summed E-state index contributed by atoms with van der Waals surface area (Å²) in [6.45, 7) is 4.88. The summed E-state index contributed by atoms with van der Waals surface area (Å²) in [6, 6.07) is 87.3. The summed E-state index contributed by atoms with van der Waals surface area (Å²) < 4.78 is 0. The maximum Gasteiger partial charge on any atom is 0.0725 e. The van der Waals surface area contributed by atoms with E-state index >= 15 is 0 Å². The standard InChI is InChI=1S/C68H44/c1-67(2)65-44(32-18-33-57(65)64-51-26-5-3-21-45(51)46-22-4-10-31-56(46)66(64)67)41-19-17-20-42(39-41)62-52-27-6-8-29-54(52)63(55-30-9-7-28-53(55)62)43-37-38-50-49-25-13-16-36-60(49)68(61(50)40-43)58-34-14-11-23-47(58)48-24-12-15-35-59(48)68/h3-40H,1-2H3. The van der Waals surface area contributed by atoms with E-state index in [1.165, 1.54) is 143 Å². The maximum absolute atomic E-state index is 2.55. The van der Waals surface area contributed by atoms with Crippen LogP contribution in [0, 0.1) is 0 Å². The van der Waals surface area contributed by atoms with Crippen molar-refractivity contribution in [2.45, 2.75) is 24.7 Å². The number of hydrogen-bond acceptors (Lipinski definition) is 0. The Balaban J connectivity index is 0.942. The van der Waals surface area contributed by atoms with Gasteiger partial charge in [0.05, 0.1) is 5.41 Å². The molecule has 12 aromatic rings. The lowest BCUT2D eigenvalue weighted by Crippen LogP contribution is -2.25. The highest BCUT2D eigenvalue weighted by molar-refractivity contribution is 6.22. The molecule has 0 atom stereocenters. The SMILES string of the molecule is CC1(C)c2c(-c3cccc(-c4c5ccccc5c(-c5ccc6c(c5)C5(c7ccccc7-c7ccccc75)c5ccccc5-6)c5ccccc45)c3)cccc2-c2c1c1ccccc1c1ccccc21. The molecule has 12 aromatic carbocycles. The zero-order chi connectivity index (χ0) is 44.9. The lowest BCUT2D eigenvalue weighted by atomic mass is 9.70. The summed E-state index contributed by atoms with van der Waals surface area (Å²) in [7, 11) is 0. The normalized spacial score (nSPS) is 14.3. The zero-order valence-corrected chi connectivity index (χ0v) is 37.9. The van der Waals surface area contributed by atoms with Gasteiger partial charge in [0.15, 0.2) is 0 Å². The quantitative estimate of drug-likeness (QED) is 0.123. The molecule has 0 saturated heterocycles. The van der Waals surface area contributed by atoms with Crippen molar-refractivity contribution in [1.29, 1.82) is 0 Å². The minimum Gasteiger partial charge on any atom is -0.0619 e. The fraction of sp³-hybridized carbons (Fsp3) is 0.0588. The van der Waals surface area contributed by atoms with Crippen LogP contribution in [-0.4, -0.2) is 0 Å². The second-order valence-corrected chi connectivity index (χ2v) is 19.8. The Labute approximate surface area is 396 Å². The first-order valence-corrected chi connectivity index (χ1v) is 24.1. The van der Waals surface area contributed by atoms with Gasteiger partial charge in [0.1, 0.15) is 0 Å². The highest BCUT2D eigenvalue weighted by Crippen LogP contribution is 2.64. The second kappa shape index (κ2) is 13.6. The molecule has 0 aliphatic heterocycles. The first-order chi connectivity index (χ1) is 33.5. The van der Waals surface area contributed by atoms with Gasteiger partial charge in [-0.15, -0.1) is 0 Å². The van der Waals surface area contributed by atoms with Gasteiger partial charge in [0, 0.05) is 5.41 Å². The molecular formula is C68H44. The Bertz CT molecular complexity index is 4060. The van der Waals surface area contributed by atoms with Crippen LogP contribution < -0.4 is 0 Å². The minimum atomic E-state index is -0.408. The van der Waals surface area contributed by atoms with Crippen LogP contribution in [0.2, 0.25) is 0 Å². The van der Waals surface area contributed by atoms with E-state index in [4.69, 9.17) is 0 Å². The predicted octanol–water partition coefficient (Wildman–Crippen LogP) is 18.0. The van der Waals surface area contributed by atoms with E-state index < -0.39 is 5.41 Å². The molecule has 0 heterocycles. The zero-order valence-electron chi connectivity index (χ0n) is 37.9. The van der Waals surface area contributed by atoms with Crippen LogP contribution in [0.15, 0.2) is 231 Å². The molecule has 0 radical (unpaired) electrons. The van der Waals surface area contributed by atoms with Crippen molar-refractivity contribution in [2.75, 3.05) is 0 Å². The van der Waals surface area contributed by atoms with E-state index in [9.17, 15) is 0 Å². The molecule has 0 saturated carbocycles. The van der Waals surface area contributed by atoms with Gasteiger partial charge < -0.3 is 0 Å². The molecule has 68 heavy (non-hydrogen) atoms. The van der Waals surface area contributed by atoms with Crippen molar-refractivity contribution in [1.82, 2.24) is 0 Å². The minimum absolute atomic E-state index is 0.222. The van der Waals surface area contributed by atoms with Gasteiger partial charge >= 0.3 is 0 Å². The van der Waals surface area contributed by atoms with Crippen LogP contribution in [0.25, 0.3) is 110 Å². The largest absolute Gasteiger partial charge is 0.0725 e. The van der Waals surface area contributed by atoms with Crippen LogP contribution in [0.4, 0.5) is 0 Å². The average Bonchev–Trinajstić information content (AvgIpc) is 3.96. The van der Waals surface area contributed by atoms with Gasteiger partial charge in [-0.3, -0.25) is 0 Å². The third-order valence-electron chi connectivity index (χ3n) is 16.2. The van der Waals surface area contributed by atoms with E-state index in [1.54, 1.807) is 0 Å². The van der Waals surface area contributed by atoms with Gasteiger partial charge in [-0.1, -0.05) is 232 Å². The first-order valence-electron chi connectivity index (χ1n) is 24.1. The molecule has 0 amide bonds. The molecule has 0 heteroatoms. The van der Waals surface area contributed by atoms with E-state index in [-0.39, 0.29) is 5.41 Å². The molecule has 0 fully saturated rings. The summed E-state index contributed by atoms with van der Waals surface area (Å²) in [6.07, 6.45) is 0. The molecule has 0 unspecified atom stereocenters. The fourth-order valence-corrected chi connectivity index (χ4v) is 13.7. The van der Waals surface area contributed by atoms with Crippen LogP contribution in [0.3, 0.4) is 0 Å². The smallest absolute Gasteiger partial charge is 0.0619 e. The summed E-state index contributed by atoms with van der Waals surface area (Å²) in [5, 5.41) is 10.4. The first kappa shape index (κ1) is 37.9. The predicted molar refractivity (Wildman–Crippen MR) is 287 cm³/mol. The number of hydrogen-bond donors (Lipinski definition) is 0. The van der Waals surface area contributed by atoms with Crippen LogP contribution in [0.1, 0.15) is 47.2 Å². The lowest BCUT2D eigenvalue weighted by molar-refractivity contribution is 0.668. The number of benzene rings is 12. The third-order valence-corrected chi connectivity index (χ3v) is 16.2. The molecule has 316 valence electrons. The van der Waals surface area contributed by atoms with Crippen molar-refractivity contribution in [3.05, 3.63) is 264 Å². The molecule has 3 aliphatic rings. The van der Waals surface area contributed by atoms with Crippen molar-refractivity contribution >= 4 is 43.1 Å². The molecule has 0 N–H and O–H groups in total. The molecule has 0 bridgehead atoms. The topological polar surface area (TPSA) is 0 Å². The molecule has 1 spiro atoms. The van der Waals surface area contributed by atoms with Crippen LogP contribution in [-0.2, 0) is 10.8 Å². The van der Waals surface area contributed by atoms with Crippen molar-refractivity contribution in [3.8, 4) is 66.8 Å². The lowest BCUT2D eigenvalue weighted by Gasteiger charge is -2.31. The van der Waals surface area contributed by atoms with Crippen LogP contribution >= 0.6 is 0 Å². The Morgan fingerprint density at radius 3 is 1.18 bits per heavy atom. The Morgan fingerprint density at radius 2 is 0.618 bits per heavy atom. The summed E-state index contributed by atoms with van der Waals surface area (Å²) in [5.41, 5.74) is 23.3. The Kier molecular flexibility index (Phi) is 7.59. The second-order valence-electron chi connectivity index (χ2n) is 19.8. The van der Waals surface area contributed by atoms with E-state index in [0.717, 1.165) is 0 Å². The highest BCUT2D eigenvalue weighted by atomic mass is 14.5. The van der Waals surface area contributed by atoms with E-state index in [1.807, 2.05) is 0 Å². The monoisotopic (exact) mass is 860 g/mol. The average molecular weight is 861 g/mol. The summed E-state index contributed by atoms with van der Waals surface area (Å²) in [4.78, 5) is 0. The van der Waals surface area contributed by atoms with Gasteiger partial charge in [-0.2, -0.15) is 0 Å². The van der Waals surface area contributed by atoms with Crippen molar-refractivity contribution < 1.29 is 0 Å². The molecule has 15 rings (SSSR count). The number of rotatable bonds is 3. The van der Waals surface area contributed by atoms with Gasteiger partial charge in [0.25, 0.3) is 0 Å². The van der Waals surface area contributed by atoms with Gasteiger partial charge in [-0.05, 0) is 155 Å². The maximum atomic E-state index is 2.55. The van der Waals surface area contributed by atoms with Crippen molar-refractivity contribution in [3.63, 3.8) is 0 Å². The Morgan fingerprint density at radius 1 is 0.235 bits per heavy atom. The Hall–Kier alpha value is -8.32. The fourth-order valence-electron chi connectivity index (χ4n) is 13.7. The summed E-state index contributed by atoms with van der Waals surface area (Å²) in [5.74, 6) is 0. The molecule has 0 nitrogen and oxygen atoms in total. The molecule has 0 aromatic heterocycles. The highest BCUT2D eigenvalue weighted by Gasteiger charge is 2.51. The van der Waals surface area contributed by atoms with Crippen LogP contribution in [0.5, 0.6) is 0 Å². The molecular weight excluding hydrogens is 817 g/mol. The van der Waals surface area contributed by atoms with E-state index in [0.29, 0.717) is 0 Å². The third kappa shape index (κ3) is 4.74. The van der Waals surface area contributed by atoms with Gasteiger partial charge in [0.2, 0.25) is 0 Å². The molecule has 3 aliphatic carbocycles. The van der Waals surface area contributed by atoms with Crippen molar-refractivity contribution in [2.24, 2.45) is 0 Å². The van der Waals surface area contributed by atoms with E-state index in [2.05, 4.69) is 244 Å². The van der Waals surface area contributed by atoms with Gasteiger partial charge in [-0.25, -0.2) is 0 Å².